The molecule has 1 aromatic rings. The maximum Gasteiger partial charge on any atom is 0.272 e. The van der Waals surface area contributed by atoms with Crippen molar-refractivity contribution in [3.05, 3.63) is 39.9 Å². The summed E-state index contributed by atoms with van der Waals surface area (Å²) in [6.45, 7) is 4.67. The third kappa shape index (κ3) is 3.62. The summed E-state index contributed by atoms with van der Waals surface area (Å²) >= 11 is 0. The number of hydrogen-bond donors (Lipinski definition) is 1. The minimum atomic E-state index is -0.270. The van der Waals surface area contributed by atoms with E-state index in [-0.39, 0.29) is 10.6 Å². The summed E-state index contributed by atoms with van der Waals surface area (Å²) in [7, 11) is 1.98. The number of para-hydroxylation sites is 1. The van der Waals surface area contributed by atoms with Crippen molar-refractivity contribution < 1.29 is 4.92 Å². The van der Waals surface area contributed by atoms with E-state index < -0.39 is 0 Å². The molecule has 21 heavy (non-hydrogen) atoms. The van der Waals surface area contributed by atoms with Gasteiger partial charge in [-0.25, -0.2) is 0 Å². The molecule has 0 saturated heterocycles. The number of nitrogens with zero attached hydrogens (tertiary/aromatic N) is 1. The predicted octanol–water partition coefficient (Wildman–Crippen LogP) is 3.94. The third-order valence-corrected chi connectivity index (χ3v) is 5.07. The van der Waals surface area contributed by atoms with Crippen LogP contribution in [0.5, 0.6) is 0 Å². The number of hydrogen-bond acceptors (Lipinski definition) is 3. The van der Waals surface area contributed by atoms with E-state index in [0.29, 0.717) is 17.4 Å². The second-order valence-electron chi connectivity index (χ2n) is 6.83. The van der Waals surface area contributed by atoms with Crippen molar-refractivity contribution in [2.45, 2.75) is 52.0 Å². The van der Waals surface area contributed by atoms with Crippen LogP contribution in [0.15, 0.2) is 24.3 Å². The van der Waals surface area contributed by atoms with Crippen LogP contribution in [0.1, 0.15) is 45.1 Å². The van der Waals surface area contributed by atoms with Gasteiger partial charge in [0.05, 0.1) is 4.92 Å². The summed E-state index contributed by atoms with van der Waals surface area (Å²) in [5, 5.41) is 14.6. The largest absolute Gasteiger partial charge is 0.316 e. The van der Waals surface area contributed by atoms with Gasteiger partial charge in [-0.1, -0.05) is 44.9 Å². The molecule has 0 heterocycles. The van der Waals surface area contributed by atoms with Gasteiger partial charge in [-0.15, -0.1) is 0 Å². The van der Waals surface area contributed by atoms with Gasteiger partial charge in [-0.3, -0.25) is 10.1 Å². The first-order valence-corrected chi connectivity index (χ1v) is 7.85. The van der Waals surface area contributed by atoms with E-state index in [0.717, 1.165) is 12.0 Å². The lowest BCUT2D eigenvalue weighted by molar-refractivity contribution is -0.385. The zero-order chi connectivity index (χ0) is 15.5. The number of rotatable bonds is 5. The molecule has 1 aromatic carbocycles. The first-order chi connectivity index (χ1) is 9.95. The molecule has 1 N–H and O–H groups in total. The highest BCUT2D eigenvalue weighted by atomic mass is 16.6. The molecule has 0 aliphatic heterocycles. The molecule has 4 heteroatoms. The molecule has 2 rings (SSSR count). The van der Waals surface area contributed by atoms with Crippen LogP contribution in [-0.2, 0) is 6.42 Å². The summed E-state index contributed by atoms with van der Waals surface area (Å²) in [5.74, 6) is 0.566. The van der Waals surface area contributed by atoms with Gasteiger partial charge in [-0.05, 0) is 37.6 Å². The molecule has 2 atom stereocenters. The molecule has 0 spiro atoms. The molecular formula is C17H26N2O2. The zero-order valence-electron chi connectivity index (χ0n) is 13.3. The van der Waals surface area contributed by atoms with Gasteiger partial charge in [0.15, 0.2) is 0 Å². The maximum atomic E-state index is 11.2. The summed E-state index contributed by atoms with van der Waals surface area (Å²) in [6.07, 6.45) is 5.74. The molecule has 0 aromatic heterocycles. The van der Waals surface area contributed by atoms with Crippen LogP contribution in [0, 0.1) is 21.4 Å². The second-order valence-corrected chi connectivity index (χ2v) is 6.83. The monoisotopic (exact) mass is 290 g/mol. The lowest BCUT2D eigenvalue weighted by Gasteiger charge is -2.43. The second kappa shape index (κ2) is 6.56. The van der Waals surface area contributed by atoms with Crippen molar-refractivity contribution in [2.75, 3.05) is 7.05 Å². The van der Waals surface area contributed by atoms with E-state index >= 15 is 0 Å². The number of benzene rings is 1. The van der Waals surface area contributed by atoms with E-state index in [1.807, 2.05) is 19.2 Å². The fraction of sp³-hybridized carbons (Fsp3) is 0.647. The predicted molar refractivity (Wildman–Crippen MR) is 85.4 cm³/mol. The van der Waals surface area contributed by atoms with Crippen LogP contribution < -0.4 is 5.32 Å². The Bertz CT molecular complexity index is 499. The molecule has 1 aliphatic rings. The first-order valence-electron chi connectivity index (χ1n) is 7.85. The molecule has 2 unspecified atom stereocenters. The third-order valence-electron chi connectivity index (χ3n) is 5.07. The van der Waals surface area contributed by atoms with E-state index in [4.69, 9.17) is 0 Å². The molecule has 1 aliphatic carbocycles. The summed E-state index contributed by atoms with van der Waals surface area (Å²) in [5.41, 5.74) is 1.38. The number of nitrogens with one attached hydrogen (secondary N) is 1. The van der Waals surface area contributed by atoms with Crippen LogP contribution in [0.4, 0.5) is 5.69 Å². The van der Waals surface area contributed by atoms with Gasteiger partial charge in [0.1, 0.15) is 0 Å². The highest BCUT2D eigenvalue weighted by Crippen LogP contribution is 2.43. The van der Waals surface area contributed by atoms with Crippen molar-refractivity contribution in [2.24, 2.45) is 11.3 Å². The lowest BCUT2D eigenvalue weighted by atomic mass is 9.65. The van der Waals surface area contributed by atoms with E-state index in [2.05, 4.69) is 19.2 Å². The quantitative estimate of drug-likeness (QED) is 0.660. The van der Waals surface area contributed by atoms with Crippen molar-refractivity contribution in [1.29, 1.82) is 0 Å². The van der Waals surface area contributed by atoms with E-state index in [1.54, 1.807) is 12.1 Å². The Balaban J connectivity index is 2.21. The Labute approximate surface area is 127 Å². The average molecular weight is 290 g/mol. The van der Waals surface area contributed by atoms with Crippen molar-refractivity contribution in [1.82, 2.24) is 5.32 Å². The maximum absolute atomic E-state index is 11.2. The SMILES string of the molecule is CNC(Cc1ccccc1[N+](=O)[O-])C1CCCCC1(C)C. The van der Waals surface area contributed by atoms with Crippen molar-refractivity contribution >= 4 is 5.69 Å². The van der Waals surface area contributed by atoms with E-state index in [9.17, 15) is 10.1 Å². The molecule has 1 saturated carbocycles. The summed E-state index contributed by atoms with van der Waals surface area (Å²) in [6, 6.07) is 7.41. The minimum Gasteiger partial charge on any atom is -0.316 e. The average Bonchev–Trinajstić information content (AvgIpc) is 2.45. The molecule has 0 radical (unpaired) electrons. The highest BCUT2D eigenvalue weighted by molar-refractivity contribution is 5.40. The Morgan fingerprint density at radius 2 is 2.10 bits per heavy atom. The van der Waals surface area contributed by atoms with Crippen LogP contribution in [0.3, 0.4) is 0 Å². The Kier molecular flexibility index (Phi) is 4.99. The highest BCUT2D eigenvalue weighted by Gasteiger charge is 2.37. The standard InChI is InChI=1S/C17H26N2O2/c1-17(2)11-7-6-9-14(17)15(18-3)12-13-8-4-5-10-16(13)19(20)21/h4-5,8,10,14-15,18H,6-7,9,11-12H2,1-3H3. The smallest absolute Gasteiger partial charge is 0.272 e. The van der Waals surface area contributed by atoms with Gasteiger partial charge >= 0.3 is 0 Å². The Hall–Kier alpha value is -1.42. The number of likely N-dealkylation sites (N-methyl/N-ethyl adjacent to an activating group) is 1. The summed E-state index contributed by atoms with van der Waals surface area (Å²) < 4.78 is 0. The Morgan fingerprint density at radius 1 is 1.38 bits per heavy atom. The molecule has 0 amide bonds. The fourth-order valence-electron chi connectivity index (χ4n) is 3.81. The van der Waals surface area contributed by atoms with Crippen LogP contribution in [-0.4, -0.2) is 18.0 Å². The molecule has 1 fully saturated rings. The molecule has 116 valence electrons. The lowest BCUT2D eigenvalue weighted by Crippen LogP contribution is -2.44. The number of nitro benzene ring substituents is 1. The normalized spacial score (nSPS) is 22.7. The molecular weight excluding hydrogens is 264 g/mol. The molecule has 0 bridgehead atoms. The van der Waals surface area contributed by atoms with Gasteiger partial charge in [0.2, 0.25) is 0 Å². The van der Waals surface area contributed by atoms with Gasteiger partial charge < -0.3 is 5.32 Å². The van der Waals surface area contributed by atoms with Gasteiger partial charge in [-0.2, -0.15) is 0 Å². The Morgan fingerprint density at radius 3 is 2.71 bits per heavy atom. The van der Waals surface area contributed by atoms with Crippen LogP contribution in [0.25, 0.3) is 0 Å². The van der Waals surface area contributed by atoms with Crippen LogP contribution in [0.2, 0.25) is 0 Å². The molecule has 4 nitrogen and oxygen atoms in total. The summed E-state index contributed by atoms with van der Waals surface area (Å²) in [4.78, 5) is 10.9. The minimum absolute atomic E-state index is 0.242. The first kappa shape index (κ1) is 16.0. The zero-order valence-corrected chi connectivity index (χ0v) is 13.3. The van der Waals surface area contributed by atoms with Crippen LogP contribution >= 0.6 is 0 Å². The van der Waals surface area contributed by atoms with Crippen molar-refractivity contribution in [3.8, 4) is 0 Å². The van der Waals surface area contributed by atoms with Gasteiger partial charge in [0, 0.05) is 17.7 Å². The topological polar surface area (TPSA) is 55.2 Å². The van der Waals surface area contributed by atoms with Gasteiger partial charge in [0.25, 0.3) is 5.69 Å². The fourth-order valence-corrected chi connectivity index (χ4v) is 3.81. The van der Waals surface area contributed by atoms with Crippen molar-refractivity contribution in [3.63, 3.8) is 0 Å². The number of nitro groups is 1. The van der Waals surface area contributed by atoms with E-state index in [1.165, 1.54) is 25.7 Å².